The van der Waals surface area contributed by atoms with Crippen LogP contribution in [0.5, 0.6) is 0 Å². The smallest absolute Gasteiger partial charge is 0.151 e. The maximum atomic E-state index is 5.26. The third kappa shape index (κ3) is 2.91. The molecular weight excluding hydrogens is 190 g/mol. The van der Waals surface area contributed by atoms with E-state index in [2.05, 4.69) is 27.5 Å². The second kappa shape index (κ2) is 5.09. The van der Waals surface area contributed by atoms with E-state index in [9.17, 15) is 0 Å². The van der Waals surface area contributed by atoms with E-state index >= 15 is 0 Å². The molecule has 0 unspecified atom stereocenters. The van der Waals surface area contributed by atoms with Gasteiger partial charge in [-0.25, -0.2) is 0 Å². The first-order chi connectivity index (χ1) is 7.38. The van der Waals surface area contributed by atoms with Crippen molar-refractivity contribution in [1.82, 2.24) is 15.4 Å². The van der Waals surface area contributed by atoms with Crippen molar-refractivity contribution in [3.8, 4) is 0 Å². The largest absolute Gasteiger partial charge is 0.360 e. The zero-order valence-corrected chi connectivity index (χ0v) is 9.07. The Hall–Kier alpha value is -1.13. The predicted octanol–water partition coefficient (Wildman–Crippen LogP) is 1.16. The van der Waals surface area contributed by atoms with Crippen LogP contribution in [0.2, 0.25) is 0 Å². The molecule has 0 bridgehead atoms. The third-order valence-corrected chi connectivity index (χ3v) is 2.49. The number of aromatic nitrogens is 1. The molecule has 0 aliphatic carbocycles. The first kappa shape index (κ1) is 10.4. The summed E-state index contributed by atoms with van der Waals surface area (Å²) in [7, 11) is 1.91. The summed E-state index contributed by atoms with van der Waals surface area (Å²) >= 11 is 0. The molecule has 0 spiro atoms. The molecule has 0 radical (unpaired) electrons. The van der Waals surface area contributed by atoms with Gasteiger partial charge in [0.25, 0.3) is 0 Å². The Morgan fingerprint density at radius 1 is 1.53 bits per heavy atom. The average molecular weight is 207 g/mol. The summed E-state index contributed by atoms with van der Waals surface area (Å²) in [5.74, 6) is 0.954. The SMILES string of the molecule is CNCc1cc(CN2CC=CCC2)on1. The van der Waals surface area contributed by atoms with Gasteiger partial charge in [-0.05, 0) is 13.5 Å². The van der Waals surface area contributed by atoms with Crippen LogP contribution in [0, 0.1) is 0 Å². The Balaban J connectivity index is 1.89. The zero-order chi connectivity index (χ0) is 10.5. The Labute approximate surface area is 89.9 Å². The van der Waals surface area contributed by atoms with Gasteiger partial charge in [0.15, 0.2) is 5.76 Å². The van der Waals surface area contributed by atoms with Gasteiger partial charge in [-0.2, -0.15) is 0 Å². The van der Waals surface area contributed by atoms with Crippen molar-refractivity contribution in [3.63, 3.8) is 0 Å². The van der Waals surface area contributed by atoms with Crippen molar-refractivity contribution >= 4 is 0 Å². The van der Waals surface area contributed by atoms with Crippen molar-refractivity contribution in [1.29, 1.82) is 0 Å². The fourth-order valence-electron chi connectivity index (χ4n) is 1.75. The normalized spacial score (nSPS) is 17.1. The maximum absolute atomic E-state index is 5.26. The standard InChI is InChI=1S/C11H17N3O/c1-12-8-10-7-11(15-13-10)9-14-5-3-2-4-6-14/h2-3,7,12H,4-6,8-9H2,1H3. The highest BCUT2D eigenvalue weighted by Gasteiger charge is 2.10. The van der Waals surface area contributed by atoms with E-state index < -0.39 is 0 Å². The van der Waals surface area contributed by atoms with Crippen molar-refractivity contribution in [3.05, 3.63) is 29.7 Å². The number of hydrogen-bond acceptors (Lipinski definition) is 4. The topological polar surface area (TPSA) is 41.3 Å². The summed E-state index contributed by atoms with van der Waals surface area (Å²) in [6.45, 7) is 3.76. The van der Waals surface area contributed by atoms with Crippen molar-refractivity contribution in [2.24, 2.45) is 0 Å². The molecule has 1 aromatic heterocycles. The van der Waals surface area contributed by atoms with Crippen LogP contribution in [-0.4, -0.2) is 30.2 Å². The molecule has 0 saturated carbocycles. The lowest BCUT2D eigenvalue weighted by atomic mass is 10.2. The van der Waals surface area contributed by atoms with Gasteiger partial charge < -0.3 is 9.84 Å². The van der Waals surface area contributed by atoms with E-state index in [-0.39, 0.29) is 0 Å². The minimum atomic E-state index is 0.767. The number of nitrogens with one attached hydrogen (secondary N) is 1. The lowest BCUT2D eigenvalue weighted by Gasteiger charge is -2.20. The van der Waals surface area contributed by atoms with Gasteiger partial charge >= 0.3 is 0 Å². The number of rotatable bonds is 4. The summed E-state index contributed by atoms with van der Waals surface area (Å²) in [6, 6.07) is 2.02. The maximum Gasteiger partial charge on any atom is 0.151 e. The van der Waals surface area contributed by atoms with E-state index in [1.807, 2.05) is 13.1 Å². The molecule has 0 atom stereocenters. The highest BCUT2D eigenvalue weighted by atomic mass is 16.5. The molecule has 82 valence electrons. The highest BCUT2D eigenvalue weighted by molar-refractivity contribution is 5.05. The molecule has 4 heteroatoms. The average Bonchev–Trinajstić information content (AvgIpc) is 2.68. The van der Waals surface area contributed by atoms with Gasteiger partial charge in [-0.15, -0.1) is 0 Å². The lowest BCUT2D eigenvalue weighted by Crippen LogP contribution is -2.26. The van der Waals surface area contributed by atoms with Crippen molar-refractivity contribution < 1.29 is 4.52 Å². The van der Waals surface area contributed by atoms with Crippen LogP contribution in [-0.2, 0) is 13.1 Å². The van der Waals surface area contributed by atoms with Gasteiger partial charge in [-0.3, -0.25) is 4.90 Å². The molecule has 0 saturated heterocycles. The van der Waals surface area contributed by atoms with Crippen LogP contribution < -0.4 is 5.32 Å². The third-order valence-electron chi connectivity index (χ3n) is 2.49. The quantitative estimate of drug-likeness (QED) is 0.752. The fraction of sp³-hybridized carbons (Fsp3) is 0.545. The monoisotopic (exact) mass is 207 g/mol. The Kier molecular flexibility index (Phi) is 3.53. The van der Waals surface area contributed by atoms with Gasteiger partial charge in [-0.1, -0.05) is 17.3 Å². The Morgan fingerprint density at radius 3 is 3.20 bits per heavy atom. The van der Waals surface area contributed by atoms with Gasteiger partial charge in [0.2, 0.25) is 0 Å². The molecule has 15 heavy (non-hydrogen) atoms. The molecule has 1 aliphatic rings. The summed E-state index contributed by atoms with van der Waals surface area (Å²) in [5, 5.41) is 7.04. The molecule has 4 nitrogen and oxygen atoms in total. The van der Waals surface area contributed by atoms with Gasteiger partial charge in [0.1, 0.15) is 0 Å². The molecule has 0 aromatic carbocycles. The molecule has 0 fully saturated rings. The molecule has 2 rings (SSSR count). The van der Waals surface area contributed by atoms with E-state index in [1.54, 1.807) is 0 Å². The second-order valence-corrected chi connectivity index (χ2v) is 3.81. The highest BCUT2D eigenvalue weighted by Crippen LogP contribution is 2.10. The first-order valence-electron chi connectivity index (χ1n) is 5.35. The fourth-order valence-corrected chi connectivity index (χ4v) is 1.75. The van der Waals surface area contributed by atoms with E-state index in [0.29, 0.717) is 0 Å². The van der Waals surface area contributed by atoms with Gasteiger partial charge in [0, 0.05) is 25.7 Å². The van der Waals surface area contributed by atoms with Crippen molar-refractivity contribution in [2.75, 3.05) is 20.1 Å². The molecular formula is C11H17N3O. The number of hydrogen-bond donors (Lipinski definition) is 1. The molecule has 1 aromatic rings. The predicted molar refractivity (Wildman–Crippen MR) is 58.3 cm³/mol. The summed E-state index contributed by atoms with van der Waals surface area (Å²) < 4.78 is 5.26. The lowest BCUT2D eigenvalue weighted by molar-refractivity contribution is 0.248. The minimum Gasteiger partial charge on any atom is -0.360 e. The second-order valence-electron chi connectivity index (χ2n) is 3.81. The van der Waals surface area contributed by atoms with E-state index in [1.165, 1.54) is 0 Å². The van der Waals surface area contributed by atoms with Crippen LogP contribution in [0.25, 0.3) is 0 Å². The summed E-state index contributed by atoms with van der Waals surface area (Å²) in [6.07, 6.45) is 5.56. The van der Waals surface area contributed by atoms with Crippen molar-refractivity contribution in [2.45, 2.75) is 19.5 Å². The molecule has 2 heterocycles. The van der Waals surface area contributed by atoms with E-state index in [4.69, 9.17) is 4.52 Å². The Morgan fingerprint density at radius 2 is 2.47 bits per heavy atom. The first-order valence-corrected chi connectivity index (χ1v) is 5.35. The zero-order valence-electron chi connectivity index (χ0n) is 9.07. The molecule has 1 aliphatic heterocycles. The van der Waals surface area contributed by atoms with Crippen LogP contribution in [0.1, 0.15) is 17.9 Å². The van der Waals surface area contributed by atoms with Gasteiger partial charge in [0.05, 0.1) is 12.2 Å². The van der Waals surface area contributed by atoms with Crippen LogP contribution in [0.15, 0.2) is 22.7 Å². The Bertz CT molecular complexity index is 332. The minimum absolute atomic E-state index is 0.767. The van der Waals surface area contributed by atoms with Crippen LogP contribution >= 0.6 is 0 Å². The number of nitrogens with zero attached hydrogens (tertiary/aromatic N) is 2. The van der Waals surface area contributed by atoms with Crippen LogP contribution in [0.3, 0.4) is 0 Å². The summed E-state index contributed by atoms with van der Waals surface area (Å²) in [4.78, 5) is 2.35. The summed E-state index contributed by atoms with van der Waals surface area (Å²) in [5.41, 5.74) is 0.972. The van der Waals surface area contributed by atoms with Crippen LogP contribution in [0.4, 0.5) is 0 Å². The molecule has 1 N–H and O–H groups in total. The van der Waals surface area contributed by atoms with E-state index in [0.717, 1.165) is 44.1 Å². The molecule has 0 amide bonds.